The van der Waals surface area contributed by atoms with E-state index in [0.717, 1.165) is 44.9 Å². The van der Waals surface area contributed by atoms with E-state index in [9.17, 15) is 4.79 Å². The molecule has 0 bridgehead atoms. The zero-order valence-electron chi connectivity index (χ0n) is 14.3. The van der Waals surface area contributed by atoms with Crippen molar-refractivity contribution >= 4 is 35.6 Å². The van der Waals surface area contributed by atoms with Gasteiger partial charge in [0.1, 0.15) is 5.75 Å². The zero-order chi connectivity index (χ0) is 16.7. The fourth-order valence-electron chi connectivity index (χ4n) is 2.84. The summed E-state index contributed by atoms with van der Waals surface area (Å²) in [5.41, 5.74) is 0.697. The van der Waals surface area contributed by atoms with Crippen LogP contribution in [0.5, 0.6) is 5.75 Å². The predicted molar refractivity (Wildman–Crippen MR) is 102 cm³/mol. The number of halogens is 2. The minimum absolute atomic E-state index is 0. The summed E-state index contributed by atoms with van der Waals surface area (Å²) in [7, 11) is 1.57. The second-order valence-corrected chi connectivity index (χ2v) is 6.33. The molecule has 7 heteroatoms. The second kappa shape index (κ2) is 10.8. The standard InChI is InChI=1S/C17H26ClN3O2.ClH/c1-3-19-11-13-6-8-21(9-7-13)12-17(22)20-14-4-5-16(23-2)15(18)10-14;/h4-5,10,13,19H,3,6-9,11-12H2,1-2H3,(H,20,22);1H. The molecule has 0 radical (unpaired) electrons. The highest BCUT2D eigenvalue weighted by molar-refractivity contribution is 6.32. The fourth-order valence-corrected chi connectivity index (χ4v) is 3.10. The number of carbonyl (C=O) groups is 1. The Morgan fingerprint density at radius 2 is 2.08 bits per heavy atom. The number of anilines is 1. The van der Waals surface area contributed by atoms with E-state index in [4.69, 9.17) is 16.3 Å². The molecule has 1 aliphatic heterocycles. The Labute approximate surface area is 155 Å². The third kappa shape index (κ3) is 6.48. The largest absolute Gasteiger partial charge is 0.495 e. The lowest BCUT2D eigenvalue weighted by Crippen LogP contribution is -2.41. The van der Waals surface area contributed by atoms with E-state index >= 15 is 0 Å². The van der Waals surface area contributed by atoms with Gasteiger partial charge in [-0.1, -0.05) is 18.5 Å². The van der Waals surface area contributed by atoms with E-state index in [1.807, 2.05) is 0 Å². The molecule has 1 amide bonds. The molecule has 1 fully saturated rings. The van der Waals surface area contributed by atoms with Crippen LogP contribution in [0.25, 0.3) is 0 Å². The normalized spacial score (nSPS) is 15.6. The summed E-state index contributed by atoms with van der Waals surface area (Å²) in [6, 6.07) is 5.26. The van der Waals surface area contributed by atoms with Crippen LogP contribution in [0.15, 0.2) is 18.2 Å². The topological polar surface area (TPSA) is 53.6 Å². The van der Waals surface area contributed by atoms with Crippen molar-refractivity contribution in [1.29, 1.82) is 0 Å². The Kier molecular flexibility index (Phi) is 9.44. The van der Waals surface area contributed by atoms with E-state index in [1.54, 1.807) is 25.3 Å². The number of rotatable bonds is 7. The monoisotopic (exact) mass is 375 g/mol. The molecular weight excluding hydrogens is 349 g/mol. The van der Waals surface area contributed by atoms with E-state index in [0.29, 0.717) is 23.0 Å². The van der Waals surface area contributed by atoms with Gasteiger partial charge in [0.2, 0.25) is 5.91 Å². The smallest absolute Gasteiger partial charge is 0.238 e. The molecule has 0 spiro atoms. The molecule has 1 aromatic rings. The van der Waals surface area contributed by atoms with Gasteiger partial charge < -0.3 is 15.4 Å². The van der Waals surface area contributed by atoms with Crippen LogP contribution in [0.1, 0.15) is 19.8 Å². The number of carbonyl (C=O) groups excluding carboxylic acids is 1. The van der Waals surface area contributed by atoms with E-state index in [2.05, 4.69) is 22.5 Å². The van der Waals surface area contributed by atoms with Crippen molar-refractivity contribution in [3.63, 3.8) is 0 Å². The van der Waals surface area contributed by atoms with Gasteiger partial charge in [0.05, 0.1) is 18.7 Å². The molecule has 0 aromatic heterocycles. The van der Waals surface area contributed by atoms with Crippen LogP contribution in [0.3, 0.4) is 0 Å². The summed E-state index contributed by atoms with van der Waals surface area (Å²) in [5, 5.41) is 6.79. The van der Waals surface area contributed by atoms with Gasteiger partial charge in [-0.2, -0.15) is 0 Å². The molecule has 2 rings (SSSR count). The first kappa shape index (κ1) is 21.0. The Hall–Kier alpha value is -1.01. The molecule has 2 N–H and O–H groups in total. The van der Waals surface area contributed by atoms with Gasteiger partial charge in [0.25, 0.3) is 0 Å². The molecule has 1 saturated heterocycles. The molecule has 1 aromatic carbocycles. The number of benzene rings is 1. The predicted octanol–water partition coefficient (Wildman–Crippen LogP) is 3.03. The maximum Gasteiger partial charge on any atom is 0.238 e. The van der Waals surface area contributed by atoms with Crippen molar-refractivity contribution in [3.05, 3.63) is 23.2 Å². The summed E-state index contributed by atoms with van der Waals surface area (Å²) >= 11 is 6.07. The van der Waals surface area contributed by atoms with E-state index in [1.165, 1.54) is 0 Å². The Balaban J connectivity index is 0.00000288. The lowest BCUT2D eigenvalue weighted by molar-refractivity contribution is -0.117. The van der Waals surface area contributed by atoms with Gasteiger partial charge >= 0.3 is 0 Å². The number of methoxy groups -OCH3 is 1. The Morgan fingerprint density at radius 3 is 2.67 bits per heavy atom. The van der Waals surface area contributed by atoms with Crippen molar-refractivity contribution in [2.75, 3.05) is 45.2 Å². The maximum atomic E-state index is 12.2. The highest BCUT2D eigenvalue weighted by Gasteiger charge is 2.20. The average Bonchev–Trinajstić information content (AvgIpc) is 2.54. The minimum atomic E-state index is -0.00336. The van der Waals surface area contributed by atoms with Gasteiger partial charge in [-0.15, -0.1) is 12.4 Å². The number of ether oxygens (including phenoxy) is 1. The molecule has 24 heavy (non-hydrogen) atoms. The molecular formula is C17H27Cl2N3O2. The second-order valence-electron chi connectivity index (χ2n) is 5.92. The molecule has 0 aliphatic carbocycles. The highest BCUT2D eigenvalue weighted by atomic mass is 35.5. The van der Waals surface area contributed by atoms with Crippen LogP contribution in [0.2, 0.25) is 5.02 Å². The van der Waals surface area contributed by atoms with Gasteiger partial charge in [-0.05, 0) is 63.1 Å². The van der Waals surface area contributed by atoms with E-state index in [-0.39, 0.29) is 18.3 Å². The Bertz CT molecular complexity index is 521. The summed E-state index contributed by atoms with van der Waals surface area (Å²) in [4.78, 5) is 14.4. The van der Waals surface area contributed by atoms with E-state index < -0.39 is 0 Å². The minimum Gasteiger partial charge on any atom is -0.495 e. The first-order chi connectivity index (χ1) is 11.1. The van der Waals surface area contributed by atoms with Gasteiger partial charge in [-0.3, -0.25) is 9.69 Å². The first-order valence-electron chi connectivity index (χ1n) is 8.18. The molecule has 136 valence electrons. The van der Waals surface area contributed by atoms with Gasteiger partial charge in [0, 0.05) is 5.69 Å². The third-order valence-electron chi connectivity index (χ3n) is 4.19. The van der Waals surface area contributed by atoms with Gasteiger partial charge in [0.15, 0.2) is 0 Å². The number of hydrogen-bond acceptors (Lipinski definition) is 4. The number of nitrogens with zero attached hydrogens (tertiary/aromatic N) is 1. The molecule has 0 saturated carbocycles. The SMILES string of the molecule is CCNCC1CCN(CC(=O)Nc2ccc(OC)c(Cl)c2)CC1.Cl. The molecule has 0 atom stereocenters. The van der Waals surface area contributed by atoms with Crippen molar-refractivity contribution in [3.8, 4) is 5.75 Å². The quantitative estimate of drug-likeness (QED) is 0.768. The number of amides is 1. The van der Waals surface area contributed by atoms with Crippen LogP contribution in [0.4, 0.5) is 5.69 Å². The van der Waals surface area contributed by atoms with Crippen LogP contribution in [0, 0.1) is 5.92 Å². The lowest BCUT2D eigenvalue weighted by Gasteiger charge is -2.31. The average molecular weight is 376 g/mol. The summed E-state index contributed by atoms with van der Waals surface area (Å²) < 4.78 is 5.11. The summed E-state index contributed by atoms with van der Waals surface area (Å²) in [6.07, 6.45) is 2.29. The van der Waals surface area contributed by atoms with Crippen molar-refractivity contribution < 1.29 is 9.53 Å². The first-order valence-corrected chi connectivity index (χ1v) is 8.56. The molecule has 1 heterocycles. The zero-order valence-corrected chi connectivity index (χ0v) is 15.9. The Morgan fingerprint density at radius 1 is 1.38 bits per heavy atom. The van der Waals surface area contributed by atoms with Crippen molar-refractivity contribution in [2.24, 2.45) is 5.92 Å². The van der Waals surface area contributed by atoms with Crippen molar-refractivity contribution in [2.45, 2.75) is 19.8 Å². The van der Waals surface area contributed by atoms with Crippen LogP contribution in [-0.4, -0.2) is 50.6 Å². The molecule has 1 aliphatic rings. The van der Waals surface area contributed by atoms with Crippen LogP contribution >= 0.6 is 24.0 Å². The number of nitrogens with one attached hydrogen (secondary N) is 2. The highest BCUT2D eigenvalue weighted by Crippen LogP contribution is 2.27. The molecule has 0 unspecified atom stereocenters. The fraction of sp³-hybridized carbons (Fsp3) is 0.588. The van der Waals surface area contributed by atoms with Crippen LogP contribution < -0.4 is 15.4 Å². The van der Waals surface area contributed by atoms with Crippen LogP contribution in [-0.2, 0) is 4.79 Å². The number of hydrogen-bond donors (Lipinski definition) is 2. The van der Waals surface area contributed by atoms with Gasteiger partial charge in [-0.25, -0.2) is 0 Å². The number of likely N-dealkylation sites (tertiary alicyclic amines) is 1. The van der Waals surface area contributed by atoms with Crippen molar-refractivity contribution in [1.82, 2.24) is 10.2 Å². The lowest BCUT2D eigenvalue weighted by atomic mass is 9.97. The molecule has 5 nitrogen and oxygen atoms in total. The number of piperidine rings is 1. The summed E-state index contributed by atoms with van der Waals surface area (Å²) in [6.45, 7) is 6.62. The maximum absolute atomic E-state index is 12.2. The summed E-state index contributed by atoms with van der Waals surface area (Å²) in [5.74, 6) is 1.33. The third-order valence-corrected chi connectivity index (χ3v) is 4.49.